The molecule has 0 spiro atoms. The van der Waals surface area contributed by atoms with Crippen molar-refractivity contribution in [3.63, 3.8) is 0 Å². The normalized spacial score (nSPS) is 15.3. The summed E-state index contributed by atoms with van der Waals surface area (Å²) in [6, 6.07) is 0. The third-order valence-electron chi connectivity index (χ3n) is 3.26. The minimum Gasteiger partial charge on any atom is -0.330 e. The minimum atomic E-state index is -0.156. The van der Waals surface area contributed by atoms with E-state index in [0.717, 1.165) is 6.42 Å². The van der Waals surface area contributed by atoms with Crippen molar-refractivity contribution in [1.82, 2.24) is 14.7 Å². The summed E-state index contributed by atoms with van der Waals surface area (Å²) in [4.78, 5) is 40.5. The van der Waals surface area contributed by atoms with Crippen LogP contribution in [0.5, 0.6) is 0 Å². The van der Waals surface area contributed by atoms with E-state index < -0.39 is 0 Å². The highest BCUT2D eigenvalue weighted by molar-refractivity contribution is 5.82. The molecule has 21 heavy (non-hydrogen) atoms. The van der Waals surface area contributed by atoms with E-state index in [-0.39, 0.29) is 63.7 Å². The van der Waals surface area contributed by atoms with E-state index in [9.17, 15) is 14.4 Å². The van der Waals surface area contributed by atoms with Crippen LogP contribution in [0.3, 0.4) is 0 Å². The van der Waals surface area contributed by atoms with Gasteiger partial charge in [-0.05, 0) is 6.42 Å². The van der Waals surface area contributed by atoms with Gasteiger partial charge in [0.05, 0.1) is 20.0 Å². The highest BCUT2D eigenvalue weighted by Crippen LogP contribution is 2.12. The van der Waals surface area contributed by atoms with Crippen LogP contribution in [-0.4, -0.2) is 65.5 Å². The molecule has 3 amide bonds. The number of hydrogen-bond acceptors (Lipinski definition) is 5. The average Bonchev–Trinajstić information content (AvgIpc) is 2.47. The number of amides is 3. The average molecular weight is 299 g/mol. The molecule has 1 saturated heterocycles. The van der Waals surface area contributed by atoms with Crippen molar-refractivity contribution in [3.8, 4) is 0 Å². The molecule has 8 nitrogen and oxygen atoms in total. The van der Waals surface area contributed by atoms with Crippen LogP contribution in [0.4, 0.5) is 0 Å². The Labute approximate surface area is 125 Å². The molecule has 0 aromatic rings. The summed E-state index contributed by atoms with van der Waals surface area (Å²) < 4.78 is 0. The van der Waals surface area contributed by atoms with Gasteiger partial charge in [0.15, 0.2) is 0 Å². The van der Waals surface area contributed by atoms with Crippen LogP contribution in [0.2, 0.25) is 0 Å². The molecule has 0 radical (unpaired) electrons. The lowest BCUT2D eigenvalue weighted by Gasteiger charge is -2.42. The first kappa shape index (κ1) is 17.4. The van der Waals surface area contributed by atoms with Gasteiger partial charge in [0.25, 0.3) is 0 Å². The van der Waals surface area contributed by atoms with Crippen LogP contribution in [0.1, 0.15) is 32.6 Å². The van der Waals surface area contributed by atoms with Gasteiger partial charge in [-0.3, -0.25) is 14.4 Å². The maximum absolute atomic E-state index is 12.1. The van der Waals surface area contributed by atoms with Gasteiger partial charge in [-0.25, -0.2) is 0 Å². The minimum absolute atomic E-state index is 0.0618. The summed E-state index contributed by atoms with van der Waals surface area (Å²) in [6.45, 7) is 3.02. The zero-order valence-corrected chi connectivity index (χ0v) is 12.6. The van der Waals surface area contributed by atoms with Gasteiger partial charge in [0, 0.05) is 32.4 Å². The van der Waals surface area contributed by atoms with Crippen molar-refractivity contribution in [2.45, 2.75) is 32.6 Å². The maximum Gasteiger partial charge on any atom is 0.226 e. The fraction of sp³-hybridized carbons (Fsp3) is 0.769. The lowest BCUT2D eigenvalue weighted by atomic mass is 10.3. The molecule has 0 aromatic carbocycles. The first-order valence-corrected chi connectivity index (χ1v) is 7.26. The Morgan fingerprint density at radius 2 is 1.10 bits per heavy atom. The number of nitrogens with two attached hydrogens (primary N) is 2. The van der Waals surface area contributed by atoms with Gasteiger partial charge < -0.3 is 26.2 Å². The molecule has 0 aliphatic carbocycles. The van der Waals surface area contributed by atoms with Crippen molar-refractivity contribution in [2.24, 2.45) is 11.5 Å². The maximum atomic E-state index is 12.1. The second-order valence-corrected chi connectivity index (χ2v) is 5.05. The number of nitrogens with zero attached hydrogens (tertiary/aromatic N) is 3. The summed E-state index contributed by atoms with van der Waals surface area (Å²) >= 11 is 0. The molecule has 8 heteroatoms. The van der Waals surface area contributed by atoms with Crippen LogP contribution in [-0.2, 0) is 14.4 Å². The van der Waals surface area contributed by atoms with Crippen molar-refractivity contribution in [1.29, 1.82) is 0 Å². The molecule has 0 unspecified atom stereocenters. The van der Waals surface area contributed by atoms with E-state index in [2.05, 4.69) is 0 Å². The van der Waals surface area contributed by atoms with E-state index in [1.165, 1.54) is 14.7 Å². The molecule has 4 N–H and O–H groups in total. The lowest BCUT2D eigenvalue weighted by Crippen LogP contribution is -2.59. The summed E-state index contributed by atoms with van der Waals surface area (Å²) in [7, 11) is 0. The molecular formula is C13H25N5O3. The number of carbonyl (C=O) groups excluding carboxylic acids is 3. The van der Waals surface area contributed by atoms with E-state index >= 15 is 0 Å². The third-order valence-corrected chi connectivity index (χ3v) is 3.26. The summed E-state index contributed by atoms with van der Waals surface area (Å²) in [5.74, 6) is -0.373. The first-order valence-electron chi connectivity index (χ1n) is 7.26. The molecular weight excluding hydrogens is 274 g/mol. The number of carbonyl (C=O) groups is 3. The Bertz CT molecular complexity index is 325. The van der Waals surface area contributed by atoms with Crippen LogP contribution < -0.4 is 11.5 Å². The van der Waals surface area contributed by atoms with Gasteiger partial charge in [0.1, 0.15) is 0 Å². The fourth-order valence-corrected chi connectivity index (χ4v) is 2.16. The Morgan fingerprint density at radius 1 is 0.762 bits per heavy atom. The smallest absolute Gasteiger partial charge is 0.226 e. The molecule has 1 heterocycles. The summed E-state index contributed by atoms with van der Waals surface area (Å²) in [6.07, 6.45) is 1.53. The summed E-state index contributed by atoms with van der Waals surface area (Å²) in [5.41, 5.74) is 10.8. The molecule has 1 aliphatic rings. The van der Waals surface area contributed by atoms with Gasteiger partial charge in [0.2, 0.25) is 17.7 Å². The van der Waals surface area contributed by atoms with Crippen molar-refractivity contribution < 1.29 is 14.4 Å². The van der Waals surface area contributed by atoms with E-state index in [4.69, 9.17) is 11.5 Å². The van der Waals surface area contributed by atoms with E-state index in [1.807, 2.05) is 6.92 Å². The number of hydrogen-bond donors (Lipinski definition) is 2. The number of rotatable bonds is 6. The molecule has 120 valence electrons. The molecule has 0 saturated carbocycles. The van der Waals surface area contributed by atoms with Crippen molar-refractivity contribution >= 4 is 17.7 Å². The quantitative estimate of drug-likeness (QED) is 0.643. The van der Waals surface area contributed by atoms with Crippen molar-refractivity contribution in [3.05, 3.63) is 0 Å². The second-order valence-electron chi connectivity index (χ2n) is 5.05. The van der Waals surface area contributed by atoms with Crippen LogP contribution >= 0.6 is 0 Å². The molecule has 0 atom stereocenters. The Hall–Kier alpha value is -1.67. The highest BCUT2D eigenvalue weighted by atomic mass is 16.2. The molecule has 1 fully saturated rings. The molecule has 1 aliphatic heterocycles. The standard InChI is InChI=1S/C13H25N5O3/c1-2-3-11(19)16-8-17(12(20)4-6-14)10-18(9-16)13(21)5-7-15/h2-10,14-15H2,1H3. The molecule has 0 aromatic heterocycles. The first-order chi connectivity index (χ1) is 10.0. The highest BCUT2D eigenvalue weighted by Gasteiger charge is 2.30. The van der Waals surface area contributed by atoms with E-state index in [1.54, 1.807) is 0 Å². The SMILES string of the molecule is CCCC(=O)N1CN(C(=O)CCN)CN(C(=O)CCN)C1. The van der Waals surface area contributed by atoms with Gasteiger partial charge in [-0.1, -0.05) is 6.92 Å². The predicted molar refractivity (Wildman–Crippen MR) is 77.4 cm³/mol. The second kappa shape index (κ2) is 8.58. The lowest BCUT2D eigenvalue weighted by molar-refractivity contribution is -0.158. The topological polar surface area (TPSA) is 113 Å². The zero-order chi connectivity index (χ0) is 15.8. The van der Waals surface area contributed by atoms with Crippen LogP contribution in [0.15, 0.2) is 0 Å². The van der Waals surface area contributed by atoms with E-state index in [0.29, 0.717) is 6.42 Å². The predicted octanol–water partition coefficient (Wildman–Crippen LogP) is -1.14. The van der Waals surface area contributed by atoms with Crippen LogP contribution in [0, 0.1) is 0 Å². The zero-order valence-electron chi connectivity index (χ0n) is 12.6. The summed E-state index contributed by atoms with van der Waals surface area (Å²) in [5, 5.41) is 0. The molecule has 1 rings (SSSR count). The monoisotopic (exact) mass is 299 g/mol. The van der Waals surface area contributed by atoms with Gasteiger partial charge in [-0.15, -0.1) is 0 Å². The fourth-order valence-electron chi connectivity index (χ4n) is 2.16. The molecule has 0 bridgehead atoms. The van der Waals surface area contributed by atoms with Gasteiger partial charge in [-0.2, -0.15) is 0 Å². The Kier molecular flexibility index (Phi) is 7.10. The third kappa shape index (κ3) is 4.98. The Morgan fingerprint density at radius 3 is 1.38 bits per heavy atom. The van der Waals surface area contributed by atoms with Gasteiger partial charge >= 0.3 is 0 Å². The van der Waals surface area contributed by atoms with Crippen molar-refractivity contribution in [2.75, 3.05) is 33.1 Å². The largest absolute Gasteiger partial charge is 0.330 e. The van der Waals surface area contributed by atoms with Crippen LogP contribution in [0.25, 0.3) is 0 Å². The Balaban J connectivity index is 2.79.